The van der Waals surface area contributed by atoms with Crippen molar-refractivity contribution in [3.63, 3.8) is 0 Å². The van der Waals surface area contributed by atoms with Crippen molar-refractivity contribution in [2.75, 3.05) is 0 Å². The van der Waals surface area contributed by atoms with Crippen LogP contribution < -0.4 is 5.32 Å². The zero-order valence-corrected chi connectivity index (χ0v) is 10.8. The molecule has 2 aromatic heterocycles. The van der Waals surface area contributed by atoms with E-state index in [9.17, 15) is 4.79 Å². The summed E-state index contributed by atoms with van der Waals surface area (Å²) in [7, 11) is 1.75. The Balaban J connectivity index is 2.22. The fraction of sp³-hybridized carbons (Fsp3) is 0.385. The van der Waals surface area contributed by atoms with Crippen molar-refractivity contribution >= 4 is 5.91 Å². The molecular formula is C13H17N3O2. The van der Waals surface area contributed by atoms with E-state index < -0.39 is 0 Å². The molecule has 96 valence electrons. The van der Waals surface area contributed by atoms with Gasteiger partial charge >= 0.3 is 0 Å². The van der Waals surface area contributed by atoms with Gasteiger partial charge in [0, 0.05) is 19.2 Å². The molecule has 0 fully saturated rings. The van der Waals surface area contributed by atoms with E-state index in [1.165, 1.54) is 0 Å². The molecule has 0 radical (unpaired) electrons. The minimum Gasteiger partial charge on any atom is -0.463 e. The van der Waals surface area contributed by atoms with Crippen LogP contribution in [0.25, 0.3) is 11.5 Å². The van der Waals surface area contributed by atoms with Gasteiger partial charge in [0.2, 0.25) is 0 Å². The molecule has 0 spiro atoms. The van der Waals surface area contributed by atoms with Crippen molar-refractivity contribution in [2.24, 2.45) is 7.05 Å². The van der Waals surface area contributed by atoms with Gasteiger partial charge in [-0.2, -0.15) is 5.10 Å². The molecule has 0 aliphatic carbocycles. The van der Waals surface area contributed by atoms with Crippen LogP contribution in [0.3, 0.4) is 0 Å². The molecule has 0 unspecified atom stereocenters. The lowest BCUT2D eigenvalue weighted by molar-refractivity contribution is 0.0930. The predicted octanol–water partition coefficient (Wildman–Crippen LogP) is 2.21. The maximum absolute atomic E-state index is 12.0. The smallest absolute Gasteiger partial charge is 0.269 e. The molecule has 0 saturated heterocycles. The summed E-state index contributed by atoms with van der Waals surface area (Å²) < 4.78 is 6.83. The molecule has 1 amide bonds. The second-order valence-electron chi connectivity index (χ2n) is 4.30. The van der Waals surface area contributed by atoms with Crippen molar-refractivity contribution in [1.82, 2.24) is 15.1 Å². The Bertz CT molecular complexity index is 528. The maximum atomic E-state index is 12.0. The third kappa shape index (κ3) is 2.45. The van der Waals surface area contributed by atoms with E-state index in [1.807, 2.05) is 19.9 Å². The van der Waals surface area contributed by atoms with Crippen LogP contribution in [0, 0.1) is 0 Å². The molecule has 5 nitrogen and oxygen atoms in total. The first-order valence-electron chi connectivity index (χ1n) is 6.00. The molecule has 1 atom stereocenters. The average molecular weight is 247 g/mol. The molecule has 2 heterocycles. The molecule has 0 aliphatic heterocycles. The summed E-state index contributed by atoms with van der Waals surface area (Å²) in [5.41, 5.74) is 1.19. The Morgan fingerprint density at radius 1 is 1.61 bits per heavy atom. The largest absolute Gasteiger partial charge is 0.463 e. The van der Waals surface area contributed by atoms with E-state index in [0.717, 1.165) is 6.42 Å². The minimum atomic E-state index is -0.114. The highest BCUT2D eigenvalue weighted by Gasteiger charge is 2.16. The highest BCUT2D eigenvalue weighted by molar-refractivity contribution is 5.93. The fourth-order valence-corrected chi connectivity index (χ4v) is 1.62. The van der Waals surface area contributed by atoms with Crippen molar-refractivity contribution in [1.29, 1.82) is 0 Å². The quantitative estimate of drug-likeness (QED) is 0.901. The number of furan rings is 1. The molecule has 2 aromatic rings. The summed E-state index contributed by atoms with van der Waals surface area (Å²) in [5.74, 6) is 0.547. The number of aryl methyl sites for hydroxylation is 1. The number of rotatable bonds is 4. The van der Waals surface area contributed by atoms with Gasteiger partial charge in [0.15, 0.2) is 5.76 Å². The van der Waals surface area contributed by atoms with E-state index in [4.69, 9.17) is 4.42 Å². The lowest BCUT2D eigenvalue weighted by Crippen LogP contribution is -2.33. The van der Waals surface area contributed by atoms with Crippen LogP contribution in [-0.2, 0) is 7.05 Å². The lowest BCUT2D eigenvalue weighted by Gasteiger charge is -2.10. The Kier molecular flexibility index (Phi) is 3.50. The van der Waals surface area contributed by atoms with E-state index in [1.54, 1.807) is 30.1 Å². The topological polar surface area (TPSA) is 60.1 Å². The summed E-state index contributed by atoms with van der Waals surface area (Å²) >= 11 is 0. The summed E-state index contributed by atoms with van der Waals surface area (Å²) in [6.07, 6.45) is 2.48. The monoisotopic (exact) mass is 247 g/mol. The van der Waals surface area contributed by atoms with Crippen LogP contribution in [0.1, 0.15) is 30.8 Å². The summed E-state index contributed by atoms with van der Waals surface area (Å²) in [6.45, 7) is 4.00. The number of aromatic nitrogens is 2. The van der Waals surface area contributed by atoms with Crippen molar-refractivity contribution in [3.8, 4) is 11.5 Å². The molecular weight excluding hydrogens is 230 g/mol. The Labute approximate surface area is 106 Å². The predicted molar refractivity (Wildman–Crippen MR) is 68.1 cm³/mol. The van der Waals surface area contributed by atoms with Crippen LogP contribution >= 0.6 is 0 Å². The van der Waals surface area contributed by atoms with Crippen molar-refractivity contribution in [2.45, 2.75) is 26.3 Å². The fourth-order valence-electron chi connectivity index (χ4n) is 1.62. The van der Waals surface area contributed by atoms with Crippen LogP contribution in [-0.4, -0.2) is 21.7 Å². The van der Waals surface area contributed by atoms with Crippen molar-refractivity contribution < 1.29 is 9.21 Å². The van der Waals surface area contributed by atoms with E-state index >= 15 is 0 Å². The SMILES string of the molecule is CC[C@H](C)NC(=O)c1cc(-c2ccco2)nn1C. The second kappa shape index (κ2) is 5.08. The normalized spacial score (nSPS) is 12.4. The number of hydrogen-bond acceptors (Lipinski definition) is 3. The first-order chi connectivity index (χ1) is 8.61. The van der Waals surface area contributed by atoms with Crippen molar-refractivity contribution in [3.05, 3.63) is 30.2 Å². The molecule has 0 saturated carbocycles. The number of nitrogens with one attached hydrogen (secondary N) is 1. The third-order valence-corrected chi connectivity index (χ3v) is 2.88. The molecule has 5 heteroatoms. The standard InChI is InChI=1S/C13H17N3O2/c1-4-9(2)14-13(17)11-8-10(15-16(11)3)12-6-5-7-18-12/h5-9H,4H2,1-3H3,(H,14,17)/t9-/m0/s1. The molecule has 0 aliphatic rings. The molecule has 0 bridgehead atoms. The minimum absolute atomic E-state index is 0.114. The first-order valence-corrected chi connectivity index (χ1v) is 6.00. The van der Waals surface area contributed by atoms with E-state index in [2.05, 4.69) is 10.4 Å². The summed E-state index contributed by atoms with van der Waals surface area (Å²) in [6, 6.07) is 5.50. The number of carbonyl (C=O) groups is 1. The third-order valence-electron chi connectivity index (χ3n) is 2.88. The van der Waals surface area contributed by atoms with Gasteiger partial charge in [0.1, 0.15) is 11.4 Å². The molecule has 2 rings (SSSR count). The Morgan fingerprint density at radius 3 is 3.00 bits per heavy atom. The molecule has 0 aromatic carbocycles. The zero-order valence-electron chi connectivity index (χ0n) is 10.8. The van der Waals surface area contributed by atoms with Crippen LogP contribution in [0.15, 0.2) is 28.9 Å². The Morgan fingerprint density at radius 2 is 2.39 bits per heavy atom. The lowest BCUT2D eigenvalue weighted by atomic mass is 10.2. The van der Waals surface area contributed by atoms with Gasteiger partial charge in [-0.15, -0.1) is 0 Å². The van der Waals surface area contributed by atoms with E-state index in [-0.39, 0.29) is 11.9 Å². The highest BCUT2D eigenvalue weighted by atomic mass is 16.3. The number of carbonyl (C=O) groups excluding carboxylic acids is 1. The van der Waals surface area contributed by atoms with Gasteiger partial charge < -0.3 is 9.73 Å². The van der Waals surface area contributed by atoms with Crippen LogP contribution in [0.4, 0.5) is 0 Å². The maximum Gasteiger partial charge on any atom is 0.269 e. The number of amides is 1. The molecule has 18 heavy (non-hydrogen) atoms. The van der Waals surface area contributed by atoms with Gasteiger partial charge in [-0.3, -0.25) is 9.48 Å². The summed E-state index contributed by atoms with van der Waals surface area (Å²) in [5, 5.41) is 7.18. The Hall–Kier alpha value is -2.04. The molecule has 1 N–H and O–H groups in total. The zero-order chi connectivity index (χ0) is 13.1. The van der Waals surface area contributed by atoms with Crippen LogP contribution in [0.2, 0.25) is 0 Å². The first kappa shape index (κ1) is 12.4. The summed E-state index contributed by atoms with van der Waals surface area (Å²) in [4.78, 5) is 12.0. The van der Waals surface area contributed by atoms with E-state index in [0.29, 0.717) is 17.1 Å². The van der Waals surface area contributed by atoms with Gasteiger partial charge in [-0.25, -0.2) is 0 Å². The van der Waals surface area contributed by atoms with Gasteiger partial charge in [0.25, 0.3) is 5.91 Å². The van der Waals surface area contributed by atoms with Crippen LogP contribution in [0.5, 0.6) is 0 Å². The highest BCUT2D eigenvalue weighted by Crippen LogP contribution is 2.19. The van der Waals surface area contributed by atoms with Gasteiger partial charge in [0.05, 0.1) is 6.26 Å². The average Bonchev–Trinajstić information content (AvgIpc) is 2.97. The number of hydrogen-bond donors (Lipinski definition) is 1. The van der Waals surface area contributed by atoms with Gasteiger partial charge in [-0.05, 0) is 25.5 Å². The second-order valence-corrected chi connectivity index (χ2v) is 4.30. The number of nitrogens with zero attached hydrogens (tertiary/aromatic N) is 2. The van der Waals surface area contributed by atoms with Gasteiger partial charge in [-0.1, -0.05) is 6.92 Å².